The van der Waals surface area contributed by atoms with Crippen LogP contribution in [0.2, 0.25) is 0 Å². The number of nitrogens with zero attached hydrogens (tertiary/aromatic N) is 3. The van der Waals surface area contributed by atoms with Gasteiger partial charge < -0.3 is 5.73 Å². The molecule has 0 spiro atoms. The highest BCUT2D eigenvalue weighted by Gasteiger charge is 2.12. The SMILES string of the molecule is CSCCC(N)c1nc2nc(C)cc(=O)n2[nH]1. The number of hydrogen-bond acceptors (Lipinski definition) is 5. The van der Waals surface area contributed by atoms with Crippen molar-refractivity contribution in [3.63, 3.8) is 0 Å². The Labute approximate surface area is 103 Å². The van der Waals surface area contributed by atoms with Crippen molar-refractivity contribution in [2.75, 3.05) is 12.0 Å². The van der Waals surface area contributed by atoms with Gasteiger partial charge >= 0.3 is 0 Å². The van der Waals surface area contributed by atoms with Crippen LogP contribution in [-0.4, -0.2) is 31.6 Å². The van der Waals surface area contributed by atoms with E-state index in [1.165, 1.54) is 10.6 Å². The molecule has 2 rings (SSSR count). The van der Waals surface area contributed by atoms with Crippen LogP contribution in [0, 0.1) is 6.92 Å². The Hall–Kier alpha value is -1.34. The Morgan fingerprint density at radius 1 is 1.59 bits per heavy atom. The van der Waals surface area contributed by atoms with Gasteiger partial charge in [-0.2, -0.15) is 21.3 Å². The Morgan fingerprint density at radius 3 is 3.06 bits per heavy atom. The molecule has 3 N–H and O–H groups in total. The predicted molar refractivity (Wildman–Crippen MR) is 68.3 cm³/mol. The summed E-state index contributed by atoms with van der Waals surface area (Å²) >= 11 is 1.73. The normalized spacial score (nSPS) is 13.1. The molecule has 0 bridgehead atoms. The van der Waals surface area contributed by atoms with Gasteiger partial charge in [0.25, 0.3) is 11.3 Å². The number of aryl methyl sites for hydroxylation is 1. The Balaban J connectivity index is 2.37. The number of hydrogen-bond donors (Lipinski definition) is 2. The summed E-state index contributed by atoms with van der Waals surface area (Å²) in [5.41, 5.74) is 6.48. The van der Waals surface area contributed by atoms with E-state index in [9.17, 15) is 4.79 Å². The van der Waals surface area contributed by atoms with Gasteiger partial charge in [0.05, 0.1) is 6.04 Å². The van der Waals surface area contributed by atoms with Crippen LogP contribution in [0.5, 0.6) is 0 Å². The van der Waals surface area contributed by atoms with Gasteiger partial charge in [-0.05, 0) is 25.4 Å². The van der Waals surface area contributed by atoms with E-state index in [1.54, 1.807) is 18.7 Å². The molecule has 92 valence electrons. The lowest BCUT2D eigenvalue weighted by molar-refractivity contribution is 0.651. The van der Waals surface area contributed by atoms with Crippen molar-refractivity contribution >= 4 is 17.5 Å². The maximum absolute atomic E-state index is 11.7. The fraction of sp³-hybridized carbons (Fsp3) is 0.500. The average molecular weight is 253 g/mol. The second-order valence-electron chi connectivity index (χ2n) is 3.87. The molecule has 0 saturated heterocycles. The summed E-state index contributed by atoms with van der Waals surface area (Å²) in [5.74, 6) is 1.94. The standard InChI is InChI=1S/C10H15N5OS/c1-6-5-8(16)15-10(12-6)13-9(14-15)7(11)3-4-17-2/h5,7H,3-4,11H2,1-2H3,(H,12,13,14). The lowest BCUT2D eigenvalue weighted by Crippen LogP contribution is -2.16. The van der Waals surface area contributed by atoms with Crippen molar-refractivity contribution < 1.29 is 0 Å². The molecule has 7 heteroatoms. The quantitative estimate of drug-likeness (QED) is 0.827. The van der Waals surface area contributed by atoms with E-state index in [0.717, 1.165) is 12.2 Å². The van der Waals surface area contributed by atoms with Crippen LogP contribution in [0.3, 0.4) is 0 Å². The zero-order valence-corrected chi connectivity index (χ0v) is 10.6. The first-order valence-corrected chi connectivity index (χ1v) is 6.72. The molecule has 0 aliphatic carbocycles. The molecule has 2 aromatic rings. The minimum Gasteiger partial charge on any atom is -0.321 e. The molecule has 17 heavy (non-hydrogen) atoms. The van der Waals surface area contributed by atoms with Gasteiger partial charge in [0.1, 0.15) is 5.82 Å². The zero-order valence-electron chi connectivity index (χ0n) is 9.80. The molecule has 2 aromatic heterocycles. The maximum Gasteiger partial charge on any atom is 0.274 e. The third-order valence-electron chi connectivity index (χ3n) is 2.46. The molecule has 0 amide bonds. The first-order valence-electron chi connectivity index (χ1n) is 5.32. The first kappa shape index (κ1) is 12.1. The third kappa shape index (κ3) is 2.50. The largest absolute Gasteiger partial charge is 0.321 e. The van der Waals surface area contributed by atoms with Crippen LogP contribution in [-0.2, 0) is 0 Å². The van der Waals surface area contributed by atoms with Crippen molar-refractivity contribution in [1.29, 1.82) is 0 Å². The van der Waals surface area contributed by atoms with Gasteiger partial charge in [-0.3, -0.25) is 9.89 Å². The number of aromatic nitrogens is 4. The highest BCUT2D eigenvalue weighted by molar-refractivity contribution is 7.98. The van der Waals surface area contributed by atoms with Crippen LogP contribution in [0.25, 0.3) is 5.78 Å². The van der Waals surface area contributed by atoms with Crippen LogP contribution in [0.1, 0.15) is 24.0 Å². The fourth-order valence-corrected chi connectivity index (χ4v) is 2.05. The van der Waals surface area contributed by atoms with E-state index < -0.39 is 0 Å². The van der Waals surface area contributed by atoms with Crippen LogP contribution in [0.4, 0.5) is 0 Å². The topological polar surface area (TPSA) is 89.1 Å². The van der Waals surface area contributed by atoms with Crippen molar-refractivity contribution in [2.45, 2.75) is 19.4 Å². The highest BCUT2D eigenvalue weighted by Crippen LogP contribution is 2.12. The van der Waals surface area contributed by atoms with Gasteiger partial charge in [0.2, 0.25) is 0 Å². The van der Waals surface area contributed by atoms with Gasteiger partial charge in [0.15, 0.2) is 0 Å². The average Bonchev–Trinajstić information content (AvgIpc) is 2.69. The van der Waals surface area contributed by atoms with E-state index in [0.29, 0.717) is 17.3 Å². The number of aromatic amines is 1. The van der Waals surface area contributed by atoms with E-state index >= 15 is 0 Å². The van der Waals surface area contributed by atoms with Gasteiger partial charge in [-0.25, -0.2) is 4.98 Å². The molecular formula is C10H15N5OS. The minimum absolute atomic E-state index is 0.164. The summed E-state index contributed by atoms with van der Waals surface area (Å²) in [4.78, 5) is 20.1. The molecule has 2 heterocycles. The monoisotopic (exact) mass is 253 g/mol. The van der Waals surface area contributed by atoms with Crippen LogP contribution < -0.4 is 11.3 Å². The molecule has 1 atom stereocenters. The minimum atomic E-state index is -0.191. The Bertz CT molecular complexity index is 576. The summed E-state index contributed by atoms with van der Waals surface area (Å²) in [6, 6.07) is 1.27. The number of nitrogens with two attached hydrogens (primary N) is 1. The summed E-state index contributed by atoms with van der Waals surface area (Å²) < 4.78 is 1.32. The molecule has 0 aliphatic rings. The third-order valence-corrected chi connectivity index (χ3v) is 3.10. The molecule has 0 aliphatic heterocycles. The molecule has 0 saturated carbocycles. The Kier molecular flexibility index (Phi) is 3.49. The fourth-order valence-electron chi connectivity index (χ4n) is 1.56. The second kappa shape index (κ2) is 4.89. The zero-order chi connectivity index (χ0) is 12.4. The summed E-state index contributed by atoms with van der Waals surface area (Å²) in [6.45, 7) is 1.77. The molecular weight excluding hydrogens is 238 g/mol. The predicted octanol–water partition coefficient (Wildman–Crippen LogP) is 0.479. The first-order chi connectivity index (χ1) is 8.11. The van der Waals surface area contributed by atoms with E-state index in [-0.39, 0.29) is 11.6 Å². The molecule has 1 unspecified atom stereocenters. The maximum atomic E-state index is 11.7. The van der Waals surface area contributed by atoms with Crippen LogP contribution in [0.15, 0.2) is 10.9 Å². The number of thioether (sulfide) groups is 1. The summed E-state index contributed by atoms with van der Waals surface area (Å²) in [6.07, 6.45) is 2.84. The van der Waals surface area contributed by atoms with Crippen molar-refractivity contribution in [1.82, 2.24) is 19.6 Å². The summed E-state index contributed by atoms with van der Waals surface area (Å²) in [5, 5.41) is 2.90. The van der Waals surface area contributed by atoms with Crippen molar-refractivity contribution in [2.24, 2.45) is 5.73 Å². The van der Waals surface area contributed by atoms with Crippen molar-refractivity contribution in [3.8, 4) is 0 Å². The van der Waals surface area contributed by atoms with Crippen molar-refractivity contribution in [3.05, 3.63) is 27.9 Å². The molecule has 6 nitrogen and oxygen atoms in total. The lowest BCUT2D eigenvalue weighted by Gasteiger charge is -2.05. The molecule has 0 fully saturated rings. The molecule has 0 aromatic carbocycles. The molecule has 0 radical (unpaired) electrons. The number of rotatable bonds is 4. The lowest BCUT2D eigenvalue weighted by atomic mass is 10.2. The van der Waals surface area contributed by atoms with Gasteiger partial charge in [-0.1, -0.05) is 0 Å². The van der Waals surface area contributed by atoms with E-state index in [1.807, 2.05) is 6.26 Å². The van der Waals surface area contributed by atoms with Gasteiger partial charge in [-0.15, -0.1) is 0 Å². The number of nitrogens with one attached hydrogen (secondary N) is 1. The summed E-state index contributed by atoms with van der Waals surface area (Å²) in [7, 11) is 0. The van der Waals surface area contributed by atoms with Crippen LogP contribution >= 0.6 is 11.8 Å². The smallest absolute Gasteiger partial charge is 0.274 e. The van der Waals surface area contributed by atoms with Gasteiger partial charge in [0, 0.05) is 11.8 Å². The Morgan fingerprint density at radius 2 is 2.35 bits per heavy atom. The number of fused-ring (bicyclic) bond motifs is 1. The highest BCUT2D eigenvalue weighted by atomic mass is 32.2. The number of H-pyrrole nitrogens is 1. The second-order valence-corrected chi connectivity index (χ2v) is 4.85. The van der Waals surface area contributed by atoms with E-state index in [2.05, 4.69) is 15.1 Å². The van der Waals surface area contributed by atoms with E-state index in [4.69, 9.17) is 5.73 Å².